The van der Waals surface area contributed by atoms with Crippen molar-refractivity contribution in [1.29, 1.82) is 0 Å². The molecule has 102 valence electrons. The molecule has 0 aliphatic carbocycles. The van der Waals surface area contributed by atoms with Crippen LogP contribution in [0.15, 0.2) is 28.8 Å². The molecule has 0 amide bonds. The normalized spacial score (nSPS) is 12.6. The lowest BCUT2D eigenvalue weighted by atomic mass is 10.1. The van der Waals surface area contributed by atoms with E-state index in [1.807, 2.05) is 38.1 Å². The molecule has 1 unspecified atom stereocenters. The van der Waals surface area contributed by atoms with Crippen molar-refractivity contribution in [3.05, 3.63) is 35.7 Å². The third kappa shape index (κ3) is 4.08. The Morgan fingerprint density at radius 2 is 2.05 bits per heavy atom. The van der Waals surface area contributed by atoms with E-state index >= 15 is 0 Å². The maximum atomic E-state index is 8.94. The number of nitrogens with zero attached hydrogens (tertiary/aromatic N) is 2. The molecule has 0 aliphatic heterocycles. The predicted octanol–water partition coefficient (Wildman–Crippen LogP) is 2.91. The Morgan fingerprint density at radius 1 is 1.32 bits per heavy atom. The average Bonchev–Trinajstić information content (AvgIpc) is 2.88. The number of hydrogen-bond acceptors (Lipinski definition) is 5. The van der Waals surface area contributed by atoms with E-state index < -0.39 is 0 Å². The van der Waals surface area contributed by atoms with Crippen LogP contribution in [0.1, 0.15) is 18.4 Å². The molecule has 19 heavy (non-hydrogen) atoms. The highest BCUT2D eigenvalue weighted by molar-refractivity contribution is 7.98. The SMILES string of the molecule is Cc1ccc(-c2noc(CSCC(C)CO)n2)cc1. The second kappa shape index (κ2) is 6.73. The van der Waals surface area contributed by atoms with E-state index in [0.29, 0.717) is 23.4 Å². The first-order valence-electron chi connectivity index (χ1n) is 6.27. The smallest absolute Gasteiger partial charge is 0.236 e. The van der Waals surface area contributed by atoms with Gasteiger partial charge in [-0.15, -0.1) is 0 Å². The number of benzene rings is 1. The van der Waals surface area contributed by atoms with Gasteiger partial charge in [0.25, 0.3) is 0 Å². The molecule has 1 aromatic heterocycles. The van der Waals surface area contributed by atoms with E-state index in [1.165, 1.54) is 5.56 Å². The lowest BCUT2D eigenvalue weighted by molar-refractivity contribution is 0.250. The van der Waals surface area contributed by atoms with Crippen LogP contribution in [0.25, 0.3) is 11.4 Å². The van der Waals surface area contributed by atoms with Crippen LogP contribution in [0.2, 0.25) is 0 Å². The number of rotatable bonds is 6. The van der Waals surface area contributed by atoms with Gasteiger partial charge in [0.1, 0.15) is 0 Å². The Bertz CT molecular complexity index is 510. The molecule has 4 nitrogen and oxygen atoms in total. The van der Waals surface area contributed by atoms with Gasteiger partial charge in [-0.3, -0.25) is 0 Å². The highest BCUT2D eigenvalue weighted by Crippen LogP contribution is 2.19. The minimum absolute atomic E-state index is 0.214. The fourth-order valence-corrected chi connectivity index (χ4v) is 2.45. The summed E-state index contributed by atoms with van der Waals surface area (Å²) in [6.45, 7) is 4.27. The van der Waals surface area contributed by atoms with Gasteiger partial charge in [-0.25, -0.2) is 0 Å². The molecule has 5 heteroatoms. The van der Waals surface area contributed by atoms with E-state index in [1.54, 1.807) is 11.8 Å². The average molecular weight is 278 g/mol. The summed E-state index contributed by atoms with van der Waals surface area (Å²) in [4.78, 5) is 4.37. The summed E-state index contributed by atoms with van der Waals surface area (Å²) in [5.41, 5.74) is 2.18. The van der Waals surface area contributed by atoms with E-state index in [2.05, 4.69) is 10.1 Å². The molecule has 0 saturated heterocycles. The van der Waals surface area contributed by atoms with Crippen LogP contribution >= 0.6 is 11.8 Å². The zero-order chi connectivity index (χ0) is 13.7. The monoisotopic (exact) mass is 278 g/mol. The van der Waals surface area contributed by atoms with Crippen molar-refractivity contribution in [3.63, 3.8) is 0 Å². The van der Waals surface area contributed by atoms with E-state index in [9.17, 15) is 0 Å². The zero-order valence-electron chi connectivity index (χ0n) is 11.2. The number of aliphatic hydroxyl groups is 1. The van der Waals surface area contributed by atoms with Crippen LogP contribution in [-0.2, 0) is 5.75 Å². The Kier molecular flexibility index (Phi) is 4.99. The van der Waals surface area contributed by atoms with Crippen molar-refractivity contribution in [2.75, 3.05) is 12.4 Å². The Morgan fingerprint density at radius 3 is 2.74 bits per heavy atom. The minimum atomic E-state index is 0.214. The van der Waals surface area contributed by atoms with Gasteiger partial charge in [-0.1, -0.05) is 41.9 Å². The van der Waals surface area contributed by atoms with Crippen LogP contribution in [0.4, 0.5) is 0 Å². The standard InChI is InChI=1S/C14H18N2O2S/c1-10-3-5-12(6-4-10)14-15-13(18-16-14)9-19-8-11(2)7-17/h3-6,11,17H,7-9H2,1-2H3. The summed E-state index contributed by atoms with van der Waals surface area (Å²) in [5.74, 6) is 3.13. The van der Waals surface area contributed by atoms with Crippen molar-refractivity contribution in [2.45, 2.75) is 19.6 Å². The molecule has 2 aromatic rings. The van der Waals surface area contributed by atoms with Gasteiger partial charge in [0.2, 0.25) is 11.7 Å². The Balaban J connectivity index is 1.93. The number of thioether (sulfide) groups is 1. The van der Waals surface area contributed by atoms with Gasteiger partial charge in [0.05, 0.1) is 5.75 Å². The van der Waals surface area contributed by atoms with Gasteiger partial charge >= 0.3 is 0 Å². The molecule has 1 atom stereocenters. The third-order valence-electron chi connectivity index (χ3n) is 2.72. The van der Waals surface area contributed by atoms with Crippen LogP contribution in [0, 0.1) is 12.8 Å². The molecule has 0 fully saturated rings. The van der Waals surface area contributed by atoms with Crippen molar-refractivity contribution < 1.29 is 9.63 Å². The lowest BCUT2D eigenvalue weighted by Gasteiger charge is -2.04. The highest BCUT2D eigenvalue weighted by Gasteiger charge is 2.09. The number of hydrogen-bond donors (Lipinski definition) is 1. The van der Waals surface area contributed by atoms with E-state index in [0.717, 1.165) is 11.3 Å². The fraction of sp³-hybridized carbons (Fsp3) is 0.429. The van der Waals surface area contributed by atoms with Gasteiger partial charge in [-0.2, -0.15) is 16.7 Å². The summed E-state index contributed by atoms with van der Waals surface area (Å²) in [7, 11) is 0. The van der Waals surface area contributed by atoms with Crippen molar-refractivity contribution in [1.82, 2.24) is 10.1 Å². The van der Waals surface area contributed by atoms with Crippen molar-refractivity contribution in [3.8, 4) is 11.4 Å². The molecule has 0 bridgehead atoms. The summed E-state index contributed by atoms with van der Waals surface area (Å²) in [5, 5.41) is 12.9. The van der Waals surface area contributed by atoms with Crippen molar-refractivity contribution >= 4 is 11.8 Å². The Labute approximate surface area is 117 Å². The molecule has 0 radical (unpaired) electrons. The molecular weight excluding hydrogens is 260 g/mol. The molecule has 0 aliphatic rings. The van der Waals surface area contributed by atoms with E-state index in [4.69, 9.17) is 9.63 Å². The quantitative estimate of drug-likeness (QED) is 0.880. The molecule has 1 aromatic carbocycles. The van der Waals surface area contributed by atoms with E-state index in [-0.39, 0.29) is 6.61 Å². The second-order valence-corrected chi connectivity index (χ2v) is 5.71. The molecular formula is C14H18N2O2S. The molecule has 0 saturated carbocycles. The molecule has 1 heterocycles. The van der Waals surface area contributed by atoms with Gasteiger partial charge in [0.15, 0.2) is 0 Å². The number of aliphatic hydroxyl groups excluding tert-OH is 1. The van der Waals surface area contributed by atoms with Crippen LogP contribution in [0.5, 0.6) is 0 Å². The topological polar surface area (TPSA) is 59.2 Å². The highest BCUT2D eigenvalue weighted by atomic mass is 32.2. The largest absolute Gasteiger partial charge is 0.396 e. The van der Waals surface area contributed by atoms with Gasteiger partial charge in [-0.05, 0) is 18.6 Å². The first-order valence-corrected chi connectivity index (χ1v) is 7.42. The summed E-state index contributed by atoms with van der Waals surface area (Å²) < 4.78 is 5.22. The van der Waals surface area contributed by atoms with Gasteiger partial charge < -0.3 is 9.63 Å². The van der Waals surface area contributed by atoms with Crippen LogP contribution in [0.3, 0.4) is 0 Å². The van der Waals surface area contributed by atoms with Crippen LogP contribution in [-0.4, -0.2) is 27.6 Å². The lowest BCUT2D eigenvalue weighted by Crippen LogP contribution is -2.03. The summed E-state index contributed by atoms with van der Waals surface area (Å²) in [6.07, 6.45) is 0. The Hall–Kier alpha value is -1.33. The number of aromatic nitrogens is 2. The second-order valence-electron chi connectivity index (χ2n) is 4.68. The summed E-state index contributed by atoms with van der Waals surface area (Å²) in [6, 6.07) is 8.04. The minimum Gasteiger partial charge on any atom is -0.396 e. The number of aryl methyl sites for hydroxylation is 1. The van der Waals surface area contributed by atoms with Gasteiger partial charge in [0, 0.05) is 12.2 Å². The third-order valence-corrected chi connectivity index (χ3v) is 3.97. The molecule has 0 spiro atoms. The maximum Gasteiger partial charge on any atom is 0.236 e. The zero-order valence-corrected chi connectivity index (χ0v) is 12.0. The first-order chi connectivity index (χ1) is 9.19. The summed E-state index contributed by atoms with van der Waals surface area (Å²) >= 11 is 1.69. The fourth-order valence-electron chi connectivity index (χ4n) is 1.53. The predicted molar refractivity (Wildman–Crippen MR) is 76.9 cm³/mol. The maximum absolute atomic E-state index is 8.94. The van der Waals surface area contributed by atoms with Crippen LogP contribution < -0.4 is 0 Å². The first kappa shape index (κ1) is 14.1. The molecule has 2 rings (SSSR count). The van der Waals surface area contributed by atoms with Crippen molar-refractivity contribution in [2.24, 2.45) is 5.92 Å². The molecule has 1 N–H and O–H groups in total.